The molecule has 1 amide bonds. The van der Waals surface area contributed by atoms with E-state index in [2.05, 4.69) is 10.6 Å². The van der Waals surface area contributed by atoms with Crippen molar-refractivity contribution in [1.29, 1.82) is 0 Å². The zero-order valence-corrected chi connectivity index (χ0v) is 11.9. The fourth-order valence-electron chi connectivity index (χ4n) is 1.31. The number of nitrogens with two attached hydrogens (primary N) is 2. The third-order valence-corrected chi connectivity index (χ3v) is 2.15. The van der Waals surface area contributed by atoms with Crippen LogP contribution in [0.2, 0.25) is 0 Å². The molecule has 18 heavy (non-hydrogen) atoms. The third-order valence-electron chi connectivity index (χ3n) is 2.15. The van der Waals surface area contributed by atoms with Crippen molar-refractivity contribution in [3.8, 4) is 0 Å². The molecule has 0 bridgehead atoms. The van der Waals surface area contributed by atoms with Gasteiger partial charge in [0.25, 0.3) is 0 Å². The second-order valence-corrected chi connectivity index (χ2v) is 4.75. The Kier molecular flexibility index (Phi) is 6.46. The fraction of sp³-hybridized carbons (Fsp3) is 0.818. The van der Waals surface area contributed by atoms with Gasteiger partial charge in [-0.1, -0.05) is 13.8 Å². The maximum absolute atomic E-state index is 11.5. The molecular weight excluding hydrogens is 234 g/mol. The van der Waals surface area contributed by atoms with Crippen LogP contribution in [0.5, 0.6) is 0 Å². The van der Waals surface area contributed by atoms with Crippen molar-refractivity contribution < 1.29 is 9.53 Å². The van der Waals surface area contributed by atoms with Gasteiger partial charge in [0.05, 0.1) is 5.92 Å². The molecule has 106 valence electrons. The van der Waals surface area contributed by atoms with Crippen molar-refractivity contribution in [1.82, 2.24) is 10.4 Å². The molecule has 1 aliphatic heterocycles. The average Bonchev–Trinajstić information content (AvgIpc) is 2.15. The number of amidine groups is 1. The number of rotatable bonds is 2. The molecule has 0 saturated carbocycles. The summed E-state index contributed by atoms with van der Waals surface area (Å²) in [4.78, 5) is 13.1. The lowest BCUT2D eigenvalue weighted by Crippen LogP contribution is -2.56. The number of hydrogen-bond donors (Lipinski definition) is 3. The number of amides is 1. The van der Waals surface area contributed by atoms with Gasteiger partial charge in [-0.3, -0.25) is 0 Å². The van der Waals surface area contributed by atoms with Crippen molar-refractivity contribution in [2.75, 3.05) is 13.1 Å². The maximum Gasteiger partial charge on any atom is 0.410 e. The summed E-state index contributed by atoms with van der Waals surface area (Å²) in [6, 6.07) is 0. The van der Waals surface area contributed by atoms with Gasteiger partial charge >= 0.3 is 6.09 Å². The molecule has 0 aromatic rings. The lowest BCUT2D eigenvalue weighted by atomic mass is 10.00. The van der Waals surface area contributed by atoms with Crippen molar-refractivity contribution in [2.45, 2.75) is 40.2 Å². The van der Waals surface area contributed by atoms with Crippen LogP contribution in [0.15, 0.2) is 5.10 Å². The van der Waals surface area contributed by atoms with Crippen LogP contribution < -0.4 is 17.1 Å². The third kappa shape index (κ3) is 5.22. The molecule has 0 unspecified atom stereocenters. The van der Waals surface area contributed by atoms with Crippen LogP contribution in [-0.2, 0) is 4.74 Å². The van der Waals surface area contributed by atoms with Gasteiger partial charge in [-0.25, -0.2) is 16.2 Å². The minimum absolute atomic E-state index is 0.0589. The highest BCUT2D eigenvalue weighted by atomic mass is 16.6. The van der Waals surface area contributed by atoms with Gasteiger partial charge in [-0.15, -0.1) is 0 Å². The normalized spacial score (nSPS) is 16.3. The van der Waals surface area contributed by atoms with Crippen LogP contribution in [0.25, 0.3) is 0 Å². The standard InChI is InChI=1S/C9H19N5O2.C2H6/c1-9(2,3)16-8(15)14-4-6(5-14)7(10)12-13-11;1-2/h6,13H,4-5,11H2,1-3H3,(H2,10,12);1-2H3. The molecule has 0 spiro atoms. The molecule has 0 aromatic carbocycles. The number of nitrogens with one attached hydrogen (secondary N) is 1. The van der Waals surface area contributed by atoms with E-state index in [1.807, 2.05) is 34.6 Å². The summed E-state index contributed by atoms with van der Waals surface area (Å²) in [5.74, 6) is 5.46. The molecule has 1 fully saturated rings. The number of carbonyl (C=O) groups excluding carboxylic acids is 1. The summed E-state index contributed by atoms with van der Waals surface area (Å²) in [5, 5.41) is 3.66. The predicted molar refractivity (Wildman–Crippen MR) is 71.6 cm³/mol. The maximum atomic E-state index is 11.5. The lowest BCUT2D eigenvalue weighted by Gasteiger charge is -2.39. The number of hydrazone groups is 1. The van der Waals surface area contributed by atoms with Crippen molar-refractivity contribution in [3.63, 3.8) is 0 Å². The smallest absolute Gasteiger partial charge is 0.410 e. The van der Waals surface area contributed by atoms with Gasteiger partial charge in [-0.2, -0.15) is 5.10 Å². The van der Waals surface area contributed by atoms with Gasteiger partial charge in [0, 0.05) is 13.1 Å². The van der Waals surface area contributed by atoms with Crippen molar-refractivity contribution in [3.05, 3.63) is 0 Å². The van der Waals surface area contributed by atoms with E-state index in [4.69, 9.17) is 16.3 Å². The first-order chi connectivity index (χ1) is 8.33. The lowest BCUT2D eigenvalue weighted by molar-refractivity contribution is 0.00680. The molecule has 0 radical (unpaired) electrons. The van der Waals surface area contributed by atoms with Crippen molar-refractivity contribution in [2.24, 2.45) is 22.6 Å². The molecule has 1 aliphatic rings. The van der Waals surface area contributed by atoms with Crippen LogP contribution >= 0.6 is 0 Å². The van der Waals surface area contributed by atoms with Crippen LogP contribution in [0.1, 0.15) is 34.6 Å². The van der Waals surface area contributed by atoms with E-state index < -0.39 is 5.60 Å². The number of carbonyl (C=O) groups is 1. The zero-order valence-electron chi connectivity index (χ0n) is 11.9. The van der Waals surface area contributed by atoms with E-state index in [0.717, 1.165) is 0 Å². The highest BCUT2D eigenvalue weighted by molar-refractivity contribution is 5.85. The number of likely N-dealkylation sites (tertiary alicyclic amines) is 1. The molecule has 0 aliphatic carbocycles. The summed E-state index contributed by atoms with van der Waals surface area (Å²) in [6.07, 6.45) is -0.322. The van der Waals surface area contributed by atoms with Gasteiger partial charge in [0.2, 0.25) is 0 Å². The van der Waals surface area contributed by atoms with Crippen LogP contribution in [0.4, 0.5) is 4.79 Å². The van der Waals surface area contributed by atoms with Gasteiger partial charge in [-0.05, 0) is 20.8 Å². The molecule has 7 nitrogen and oxygen atoms in total. The summed E-state index contributed by atoms with van der Waals surface area (Å²) < 4.78 is 5.20. The second-order valence-electron chi connectivity index (χ2n) is 4.75. The van der Waals surface area contributed by atoms with E-state index in [9.17, 15) is 4.79 Å². The van der Waals surface area contributed by atoms with E-state index >= 15 is 0 Å². The molecule has 1 rings (SSSR count). The molecule has 0 aromatic heterocycles. The molecule has 5 N–H and O–H groups in total. The van der Waals surface area contributed by atoms with E-state index in [0.29, 0.717) is 18.9 Å². The highest BCUT2D eigenvalue weighted by Gasteiger charge is 2.35. The molecule has 0 atom stereocenters. The summed E-state index contributed by atoms with van der Waals surface area (Å²) in [5.41, 5.74) is 7.26. The minimum atomic E-state index is -0.472. The molecule has 1 heterocycles. The zero-order chi connectivity index (χ0) is 14.3. The average molecular weight is 259 g/mol. The Labute approximate surface area is 108 Å². The first-order valence-corrected chi connectivity index (χ1v) is 6.10. The second kappa shape index (κ2) is 7.05. The van der Waals surface area contributed by atoms with Crippen molar-refractivity contribution >= 4 is 11.9 Å². The Morgan fingerprint density at radius 2 is 1.89 bits per heavy atom. The number of hydrogen-bond acceptors (Lipinski definition) is 5. The van der Waals surface area contributed by atoms with Gasteiger partial charge in [0.15, 0.2) is 0 Å². The highest BCUT2D eigenvalue weighted by Crippen LogP contribution is 2.19. The largest absolute Gasteiger partial charge is 0.444 e. The van der Waals surface area contributed by atoms with Crippen LogP contribution in [0.3, 0.4) is 0 Å². The molecular formula is C11H25N5O2. The Morgan fingerprint density at radius 3 is 2.28 bits per heavy atom. The minimum Gasteiger partial charge on any atom is -0.444 e. The summed E-state index contributed by atoms with van der Waals surface area (Å²) in [7, 11) is 0. The topological polar surface area (TPSA) is 106 Å². The van der Waals surface area contributed by atoms with Gasteiger partial charge in [0.1, 0.15) is 11.4 Å². The summed E-state index contributed by atoms with van der Waals surface area (Å²) in [6.45, 7) is 10.5. The van der Waals surface area contributed by atoms with E-state index in [1.54, 1.807) is 4.90 Å². The fourth-order valence-corrected chi connectivity index (χ4v) is 1.31. The first kappa shape index (κ1) is 16.5. The van der Waals surface area contributed by atoms with Gasteiger partial charge < -0.3 is 15.4 Å². The summed E-state index contributed by atoms with van der Waals surface area (Å²) >= 11 is 0. The first-order valence-electron chi connectivity index (χ1n) is 6.10. The Morgan fingerprint density at radius 1 is 1.39 bits per heavy atom. The molecule has 7 heteroatoms. The SMILES string of the molecule is CC.CC(C)(C)OC(=O)N1CC(/C(N)=N/NN)C1. The van der Waals surface area contributed by atoms with E-state index in [-0.39, 0.29) is 12.0 Å². The van der Waals surface area contributed by atoms with E-state index in [1.165, 1.54) is 0 Å². The number of hydrazine groups is 1. The monoisotopic (exact) mass is 259 g/mol. The Balaban J connectivity index is 0.00000137. The number of nitrogens with zero attached hydrogens (tertiary/aromatic N) is 2. The predicted octanol–water partition coefficient (Wildman–Crippen LogP) is 0.615. The van der Waals surface area contributed by atoms with Crippen LogP contribution in [0, 0.1) is 5.92 Å². The quantitative estimate of drug-likeness (QED) is 0.292. The molecule has 1 saturated heterocycles. The Bertz CT molecular complexity index is 292. The van der Waals surface area contributed by atoms with Crippen LogP contribution in [-0.4, -0.2) is 35.5 Å². The Hall–Kier alpha value is -1.50. The number of ether oxygens (including phenoxy) is 1.